The minimum atomic E-state index is -3.89. The van der Waals surface area contributed by atoms with E-state index in [1.54, 1.807) is 0 Å². The maximum Gasteiger partial charge on any atom is 0.337 e. The third-order valence-corrected chi connectivity index (χ3v) is 7.65. The lowest BCUT2D eigenvalue weighted by atomic mass is 9.97. The number of hydrogen-bond donors (Lipinski definition) is 2. The molecular formula is C19H26N2O5S. The highest BCUT2D eigenvalue weighted by molar-refractivity contribution is 7.89. The van der Waals surface area contributed by atoms with Crippen LogP contribution in [0, 0.1) is 11.3 Å². The van der Waals surface area contributed by atoms with Crippen molar-refractivity contribution in [2.24, 2.45) is 11.3 Å². The molecule has 1 saturated heterocycles. The average molecular weight is 394 g/mol. The quantitative estimate of drug-likeness (QED) is 0.737. The lowest BCUT2D eigenvalue weighted by molar-refractivity contribution is -0.126. The van der Waals surface area contributed by atoms with Gasteiger partial charge in [0.05, 0.1) is 10.5 Å². The summed E-state index contributed by atoms with van der Waals surface area (Å²) in [5.41, 5.74) is 0.161. The highest BCUT2D eigenvalue weighted by Gasteiger charge is 2.37. The van der Waals surface area contributed by atoms with Crippen molar-refractivity contribution in [2.75, 3.05) is 19.6 Å². The van der Waals surface area contributed by atoms with E-state index in [1.165, 1.54) is 41.4 Å². The van der Waals surface area contributed by atoms with Crippen molar-refractivity contribution in [1.29, 1.82) is 0 Å². The molecule has 1 amide bonds. The van der Waals surface area contributed by atoms with Crippen molar-refractivity contribution in [1.82, 2.24) is 9.62 Å². The van der Waals surface area contributed by atoms with Gasteiger partial charge in [-0.1, -0.05) is 19.1 Å². The fourth-order valence-corrected chi connectivity index (χ4v) is 5.11. The number of carboxylic acid groups (broad SMARTS) is 1. The number of aromatic carboxylic acids is 1. The first-order valence-electron chi connectivity index (χ1n) is 9.33. The predicted octanol–water partition coefficient (Wildman–Crippen LogP) is 2.09. The fourth-order valence-electron chi connectivity index (χ4n) is 3.46. The van der Waals surface area contributed by atoms with E-state index in [4.69, 9.17) is 0 Å². The normalized spacial score (nSPS) is 20.2. The number of nitrogens with one attached hydrogen (secondary N) is 1. The van der Waals surface area contributed by atoms with Crippen LogP contribution in [0.4, 0.5) is 0 Å². The lowest BCUT2D eigenvalue weighted by Crippen LogP contribution is -2.43. The summed E-state index contributed by atoms with van der Waals surface area (Å²) < 4.78 is 27.0. The summed E-state index contributed by atoms with van der Waals surface area (Å²) >= 11 is 0. The van der Waals surface area contributed by atoms with Gasteiger partial charge in [0.2, 0.25) is 15.9 Å². The Kier molecular flexibility index (Phi) is 5.58. The number of carbonyl (C=O) groups excluding carboxylic acids is 1. The zero-order valence-corrected chi connectivity index (χ0v) is 16.3. The van der Waals surface area contributed by atoms with Gasteiger partial charge in [-0.3, -0.25) is 4.79 Å². The molecule has 0 unspecified atom stereocenters. The molecule has 1 aromatic carbocycles. The van der Waals surface area contributed by atoms with Crippen molar-refractivity contribution in [2.45, 2.75) is 43.9 Å². The van der Waals surface area contributed by atoms with Crippen LogP contribution >= 0.6 is 0 Å². The number of nitrogens with zero attached hydrogens (tertiary/aromatic N) is 1. The van der Waals surface area contributed by atoms with Crippen molar-refractivity contribution < 1.29 is 23.1 Å². The maximum absolute atomic E-state index is 12.8. The Morgan fingerprint density at radius 3 is 2.44 bits per heavy atom. The van der Waals surface area contributed by atoms with Crippen LogP contribution in [0.5, 0.6) is 0 Å². The monoisotopic (exact) mass is 394 g/mol. The number of rotatable bonds is 7. The number of amides is 1. The number of carbonyl (C=O) groups is 2. The summed E-state index contributed by atoms with van der Waals surface area (Å²) in [7, 11) is -3.89. The van der Waals surface area contributed by atoms with Crippen LogP contribution in [0.1, 0.15) is 49.4 Å². The molecule has 1 saturated carbocycles. The minimum Gasteiger partial charge on any atom is -0.478 e. The standard InChI is InChI=1S/C19H26N2O5S/c1-19(8-9-19)10-11-20-17(22)14-6-12-21(13-7-14)27(25,26)16-5-3-2-4-15(16)18(23)24/h2-5,14H,6-13H2,1H3,(H,20,22)(H,23,24). The number of piperidine rings is 1. The fraction of sp³-hybridized carbons (Fsp3) is 0.579. The number of carboxylic acids is 1. The molecule has 27 heavy (non-hydrogen) atoms. The van der Waals surface area contributed by atoms with Gasteiger partial charge in [0, 0.05) is 25.6 Å². The van der Waals surface area contributed by atoms with E-state index in [2.05, 4.69) is 12.2 Å². The second-order valence-electron chi connectivity index (χ2n) is 7.83. The predicted molar refractivity (Wildman–Crippen MR) is 99.9 cm³/mol. The maximum atomic E-state index is 12.8. The van der Waals surface area contributed by atoms with Gasteiger partial charge in [-0.05, 0) is 49.7 Å². The Bertz CT molecular complexity index is 824. The minimum absolute atomic E-state index is 0.0118. The first-order chi connectivity index (χ1) is 12.7. The van der Waals surface area contributed by atoms with E-state index in [0.29, 0.717) is 24.8 Å². The molecule has 2 fully saturated rings. The van der Waals surface area contributed by atoms with E-state index in [0.717, 1.165) is 6.42 Å². The van der Waals surface area contributed by atoms with Crippen LogP contribution in [-0.4, -0.2) is 49.3 Å². The Morgan fingerprint density at radius 1 is 1.22 bits per heavy atom. The van der Waals surface area contributed by atoms with Crippen LogP contribution in [0.25, 0.3) is 0 Å². The molecule has 0 radical (unpaired) electrons. The SMILES string of the molecule is CC1(CCNC(=O)C2CCN(S(=O)(=O)c3ccccc3C(=O)O)CC2)CC1. The van der Waals surface area contributed by atoms with E-state index >= 15 is 0 Å². The van der Waals surface area contributed by atoms with Crippen LogP contribution in [-0.2, 0) is 14.8 Å². The largest absolute Gasteiger partial charge is 0.478 e. The van der Waals surface area contributed by atoms with Gasteiger partial charge < -0.3 is 10.4 Å². The molecule has 148 valence electrons. The Labute approximate surface area is 159 Å². The number of benzene rings is 1. The Hall–Kier alpha value is -1.93. The molecule has 8 heteroatoms. The first kappa shape index (κ1) is 19.8. The highest BCUT2D eigenvalue weighted by atomic mass is 32.2. The van der Waals surface area contributed by atoms with Crippen LogP contribution in [0.3, 0.4) is 0 Å². The molecule has 7 nitrogen and oxygen atoms in total. The van der Waals surface area contributed by atoms with E-state index in [-0.39, 0.29) is 35.4 Å². The molecule has 0 bridgehead atoms. The molecule has 1 aliphatic heterocycles. The molecule has 2 N–H and O–H groups in total. The van der Waals surface area contributed by atoms with Crippen molar-refractivity contribution in [3.63, 3.8) is 0 Å². The molecule has 1 aliphatic carbocycles. The molecule has 2 aliphatic rings. The van der Waals surface area contributed by atoms with Gasteiger partial charge in [0.15, 0.2) is 0 Å². The molecule has 0 atom stereocenters. The molecule has 1 heterocycles. The topological polar surface area (TPSA) is 104 Å². The smallest absolute Gasteiger partial charge is 0.337 e. The summed E-state index contributed by atoms with van der Waals surface area (Å²) in [6, 6.07) is 5.62. The van der Waals surface area contributed by atoms with Gasteiger partial charge in [-0.15, -0.1) is 0 Å². The zero-order valence-electron chi connectivity index (χ0n) is 15.5. The molecule has 3 rings (SSSR count). The van der Waals surface area contributed by atoms with E-state index in [1.807, 2.05) is 0 Å². The highest BCUT2D eigenvalue weighted by Crippen LogP contribution is 2.47. The summed E-state index contributed by atoms with van der Waals surface area (Å²) in [5.74, 6) is -1.48. The zero-order chi connectivity index (χ0) is 19.7. The third-order valence-electron chi connectivity index (χ3n) is 5.69. The van der Waals surface area contributed by atoms with Crippen molar-refractivity contribution in [3.8, 4) is 0 Å². The van der Waals surface area contributed by atoms with Gasteiger partial charge in [-0.2, -0.15) is 4.31 Å². The summed E-state index contributed by atoms with van der Waals surface area (Å²) in [6.07, 6.45) is 4.31. The van der Waals surface area contributed by atoms with Gasteiger partial charge >= 0.3 is 5.97 Å². The second kappa shape index (κ2) is 7.59. The van der Waals surface area contributed by atoms with Gasteiger partial charge in [0.1, 0.15) is 0 Å². The summed E-state index contributed by atoms with van der Waals surface area (Å²) in [5, 5.41) is 12.2. The molecule has 1 aromatic rings. The Morgan fingerprint density at radius 2 is 1.85 bits per heavy atom. The van der Waals surface area contributed by atoms with Crippen LogP contribution in [0.2, 0.25) is 0 Å². The summed E-state index contributed by atoms with van der Waals surface area (Å²) in [6.45, 7) is 3.31. The molecule has 0 aromatic heterocycles. The van der Waals surface area contributed by atoms with Crippen LogP contribution < -0.4 is 5.32 Å². The molecule has 0 spiro atoms. The molecular weight excluding hydrogens is 368 g/mol. The first-order valence-corrected chi connectivity index (χ1v) is 10.8. The van der Waals surface area contributed by atoms with Gasteiger partial charge in [0.25, 0.3) is 0 Å². The second-order valence-corrected chi connectivity index (χ2v) is 9.74. The number of hydrogen-bond acceptors (Lipinski definition) is 4. The van der Waals surface area contributed by atoms with Crippen molar-refractivity contribution >= 4 is 21.9 Å². The van der Waals surface area contributed by atoms with E-state index < -0.39 is 16.0 Å². The lowest BCUT2D eigenvalue weighted by Gasteiger charge is -2.31. The van der Waals surface area contributed by atoms with E-state index in [9.17, 15) is 23.1 Å². The average Bonchev–Trinajstić information content (AvgIpc) is 3.39. The summed E-state index contributed by atoms with van der Waals surface area (Å²) in [4.78, 5) is 23.5. The van der Waals surface area contributed by atoms with Crippen molar-refractivity contribution in [3.05, 3.63) is 29.8 Å². The Balaban J connectivity index is 1.58. The number of sulfonamides is 1. The van der Waals surface area contributed by atoms with Gasteiger partial charge in [-0.25, -0.2) is 13.2 Å². The third kappa shape index (κ3) is 4.50. The van der Waals surface area contributed by atoms with Crippen LogP contribution in [0.15, 0.2) is 29.2 Å².